The number of carboxylic acid groups (broad SMARTS) is 1. The first-order valence-corrected chi connectivity index (χ1v) is 5.13. The number of nitrogens with zero attached hydrogens (tertiary/aromatic N) is 1. The summed E-state index contributed by atoms with van der Waals surface area (Å²) in [6, 6.07) is 3.21. The zero-order chi connectivity index (χ0) is 12.1. The number of hydrogen-bond acceptors (Lipinski definition) is 4. The summed E-state index contributed by atoms with van der Waals surface area (Å²) in [7, 11) is 0. The zero-order valence-electron chi connectivity index (χ0n) is 9.34. The quantitative estimate of drug-likeness (QED) is 0.703. The van der Waals surface area contributed by atoms with E-state index >= 15 is 0 Å². The molecule has 0 saturated carbocycles. The lowest BCUT2D eigenvalue weighted by Crippen LogP contribution is -2.20. The summed E-state index contributed by atoms with van der Waals surface area (Å²) in [5.74, 6) is -1.04. The second-order valence-corrected chi connectivity index (χ2v) is 3.87. The molecule has 0 bridgehead atoms. The molecule has 0 aliphatic heterocycles. The van der Waals surface area contributed by atoms with Gasteiger partial charge in [0.15, 0.2) is 0 Å². The molecule has 1 rings (SSSR count). The minimum absolute atomic E-state index is 0.0220. The molecule has 16 heavy (non-hydrogen) atoms. The van der Waals surface area contributed by atoms with Crippen LogP contribution >= 0.6 is 0 Å². The van der Waals surface area contributed by atoms with Crippen molar-refractivity contribution in [3.05, 3.63) is 24.0 Å². The van der Waals surface area contributed by atoms with Crippen LogP contribution in [0.25, 0.3) is 0 Å². The first-order valence-electron chi connectivity index (χ1n) is 5.13. The SMILES string of the molecule is CC(O)CC(C)Nc1ccc(C(=O)O)nc1. The predicted molar refractivity (Wildman–Crippen MR) is 60.6 cm³/mol. The molecule has 5 nitrogen and oxygen atoms in total. The standard InChI is InChI=1S/C11H16N2O3/c1-7(5-8(2)14)13-9-3-4-10(11(15)16)12-6-9/h3-4,6-8,13-14H,5H2,1-2H3,(H,15,16). The van der Waals surface area contributed by atoms with Crippen LogP contribution in [0.2, 0.25) is 0 Å². The molecule has 0 aromatic carbocycles. The van der Waals surface area contributed by atoms with Gasteiger partial charge >= 0.3 is 5.97 Å². The molecular formula is C11H16N2O3. The molecule has 0 radical (unpaired) electrons. The average Bonchev–Trinajstić information content (AvgIpc) is 2.16. The summed E-state index contributed by atoms with van der Waals surface area (Å²) in [5.41, 5.74) is 0.770. The molecule has 5 heteroatoms. The third kappa shape index (κ3) is 3.86. The van der Waals surface area contributed by atoms with Crippen molar-refractivity contribution in [3.8, 4) is 0 Å². The predicted octanol–water partition coefficient (Wildman–Crippen LogP) is 1.35. The zero-order valence-corrected chi connectivity index (χ0v) is 9.34. The summed E-state index contributed by atoms with van der Waals surface area (Å²) in [5, 5.41) is 21.0. The van der Waals surface area contributed by atoms with Gasteiger partial charge in [-0.05, 0) is 32.4 Å². The number of pyridine rings is 1. The fraction of sp³-hybridized carbons (Fsp3) is 0.455. The fourth-order valence-electron chi connectivity index (χ4n) is 1.46. The van der Waals surface area contributed by atoms with E-state index in [2.05, 4.69) is 10.3 Å². The maximum atomic E-state index is 10.6. The van der Waals surface area contributed by atoms with Crippen LogP contribution < -0.4 is 5.32 Å². The highest BCUT2D eigenvalue weighted by Crippen LogP contribution is 2.10. The molecule has 2 atom stereocenters. The van der Waals surface area contributed by atoms with E-state index in [1.165, 1.54) is 12.3 Å². The van der Waals surface area contributed by atoms with Crippen LogP contribution in [0.5, 0.6) is 0 Å². The van der Waals surface area contributed by atoms with Gasteiger partial charge in [-0.15, -0.1) is 0 Å². The number of carboxylic acids is 1. The molecule has 0 spiro atoms. The molecule has 1 aromatic heterocycles. The molecule has 0 aliphatic carbocycles. The Kier molecular flexibility index (Phi) is 4.25. The van der Waals surface area contributed by atoms with Gasteiger partial charge in [0.2, 0.25) is 0 Å². The second-order valence-electron chi connectivity index (χ2n) is 3.87. The van der Waals surface area contributed by atoms with Gasteiger partial charge in [-0.1, -0.05) is 0 Å². The maximum Gasteiger partial charge on any atom is 0.354 e. The van der Waals surface area contributed by atoms with E-state index in [-0.39, 0.29) is 17.8 Å². The number of hydrogen-bond donors (Lipinski definition) is 3. The van der Waals surface area contributed by atoms with Gasteiger partial charge in [0.05, 0.1) is 18.0 Å². The smallest absolute Gasteiger partial charge is 0.354 e. The molecule has 0 aliphatic rings. The van der Waals surface area contributed by atoms with Crippen molar-refractivity contribution in [2.24, 2.45) is 0 Å². The number of aliphatic hydroxyl groups is 1. The Morgan fingerprint density at radius 2 is 2.19 bits per heavy atom. The van der Waals surface area contributed by atoms with Gasteiger partial charge < -0.3 is 15.5 Å². The fourth-order valence-corrected chi connectivity index (χ4v) is 1.46. The third-order valence-electron chi connectivity index (χ3n) is 2.09. The number of aliphatic hydroxyl groups excluding tert-OH is 1. The van der Waals surface area contributed by atoms with Crippen LogP contribution in [-0.4, -0.2) is 33.3 Å². The summed E-state index contributed by atoms with van der Waals surface area (Å²) in [6.45, 7) is 3.67. The molecule has 88 valence electrons. The molecule has 0 saturated heterocycles. The summed E-state index contributed by atoms with van der Waals surface area (Å²) >= 11 is 0. The van der Waals surface area contributed by atoms with Crippen LogP contribution in [0.4, 0.5) is 5.69 Å². The summed E-state index contributed by atoms with van der Waals surface area (Å²) < 4.78 is 0. The van der Waals surface area contributed by atoms with Crippen molar-refractivity contribution in [2.75, 3.05) is 5.32 Å². The topological polar surface area (TPSA) is 82.5 Å². The minimum atomic E-state index is -1.04. The largest absolute Gasteiger partial charge is 0.477 e. The van der Waals surface area contributed by atoms with Gasteiger partial charge in [0.1, 0.15) is 5.69 Å². The Hall–Kier alpha value is -1.62. The van der Waals surface area contributed by atoms with Crippen molar-refractivity contribution in [3.63, 3.8) is 0 Å². The number of carbonyl (C=O) groups is 1. The number of nitrogens with one attached hydrogen (secondary N) is 1. The monoisotopic (exact) mass is 224 g/mol. The third-order valence-corrected chi connectivity index (χ3v) is 2.09. The molecule has 0 amide bonds. The first-order chi connectivity index (χ1) is 7.49. The van der Waals surface area contributed by atoms with Gasteiger partial charge in [0, 0.05) is 6.04 Å². The van der Waals surface area contributed by atoms with Crippen molar-refractivity contribution >= 4 is 11.7 Å². The van der Waals surface area contributed by atoms with E-state index in [0.29, 0.717) is 6.42 Å². The van der Waals surface area contributed by atoms with E-state index in [0.717, 1.165) is 5.69 Å². The molecule has 2 unspecified atom stereocenters. The Balaban J connectivity index is 2.58. The number of anilines is 1. The molecule has 1 aromatic rings. The van der Waals surface area contributed by atoms with Crippen LogP contribution in [0, 0.1) is 0 Å². The average molecular weight is 224 g/mol. The van der Waals surface area contributed by atoms with E-state index in [1.54, 1.807) is 13.0 Å². The van der Waals surface area contributed by atoms with Crippen molar-refractivity contribution in [1.82, 2.24) is 4.98 Å². The van der Waals surface area contributed by atoms with Gasteiger partial charge in [0.25, 0.3) is 0 Å². The highest BCUT2D eigenvalue weighted by atomic mass is 16.4. The highest BCUT2D eigenvalue weighted by Gasteiger charge is 2.07. The number of aromatic nitrogens is 1. The van der Waals surface area contributed by atoms with E-state index < -0.39 is 5.97 Å². The lowest BCUT2D eigenvalue weighted by Gasteiger charge is -2.16. The number of rotatable bonds is 5. The normalized spacial score (nSPS) is 14.2. The lowest BCUT2D eigenvalue weighted by molar-refractivity contribution is 0.0690. The van der Waals surface area contributed by atoms with Crippen molar-refractivity contribution in [2.45, 2.75) is 32.4 Å². The molecule has 0 fully saturated rings. The second kappa shape index (κ2) is 5.46. The minimum Gasteiger partial charge on any atom is -0.477 e. The molecule has 3 N–H and O–H groups in total. The van der Waals surface area contributed by atoms with Gasteiger partial charge in [-0.2, -0.15) is 0 Å². The lowest BCUT2D eigenvalue weighted by atomic mass is 10.1. The summed E-state index contributed by atoms with van der Waals surface area (Å²) in [4.78, 5) is 14.3. The number of aromatic carboxylic acids is 1. The maximum absolute atomic E-state index is 10.6. The van der Waals surface area contributed by atoms with E-state index in [4.69, 9.17) is 5.11 Å². The van der Waals surface area contributed by atoms with Crippen LogP contribution in [0.15, 0.2) is 18.3 Å². The van der Waals surface area contributed by atoms with Crippen molar-refractivity contribution in [1.29, 1.82) is 0 Å². The first kappa shape index (κ1) is 12.4. The van der Waals surface area contributed by atoms with Crippen LogP contribution in [0.1, 0.15) is 30.8 Å². The van der Waals surface area contributed by atoms with Crippen molar-refractivity contribution < 1.29 is 15.0 Å². The van der Waals surface area contributed by atoms with Crippen LogP contribution in [-0.2, 0) is 0 Å². The van der Waals surface area contributed by atoms with Gasteiger partial charge in [-0.3, -0.25) is 0 Å². The Morgan fingerprint density at radius 1 is 1.50 bits per heavy atom. The summed E-state index contributed by atoms with van der Waals surface area (Å²) in [6.07, 6.45) is 1.73. The van der Waals surface area contributed by atoms with Crippen LogP contribution in [0.3, 0.4) is 0 Å². The van der Waals surface area contributed by atoms with E-state index in [9.17, 15) is 9.90 Å². The Bertz CT molecular complexity index is 349. The molecular weight excluding hydrogens is 208 g/mol. The Labute approximate surface area is 94.1 Å². The highest BCUT2D eigenvalue weighted by molar-refractivity contribution is 5.85. The Morgan fingerprint density at radius 3 is 2.62 bits per heavy atom. The molecule has 1 heterocycles. The van der Waals surface area contributed by atoms with Gasteiger partial charge in [-0.25, -0.2) is 9.78 Å². The van der Waals surface area contributed by atoms with E-state index in [1.807, 2.05) is 6.92 Å².